The fourth-order valence-electron chi connectivity index (χ4n) is 2.01. The number of nitrogens with one attached hydrogen (secondary N) is 1. The zero-order valence-electron chi connectivity index (χ0n) is 15.6. The van der Waals surface area contributed by atoms with Gasteiger partial charge in [-0.05, 0) is 25.0 Å². The van der Waals surface area contributed by atoms with Crippen molar-refractivity contribution in [2.24, 2.45) is 0 Å². The van der Waals surface area contributed by atoms with Crippen LogP contribution in [-0.2, 0) is 36.0 Å². The second kappa shape index (κ2) is 10.7. The first-order valence-electron chi connectivity index (χ1n) is 8.05. The summed E-state index contributed by atoms with van der Waals surface area (Å²) in [5.74, 6) is -1.45. The number of rotatable bonds is 9. The number of carbonyl (C=O) groups is 1. The molecule has 1 rings (SSSR count). The van der Waals surface area contributed by atoms with E-state index in [1.165, 1.54) is 6.92 Å². The van der Waals surface area contributed by atoms with E-state index in [2.05, 4.69) is 20.5 Å². The van der Waals surface area contributed by atoms with Gasteiger partial charge in [-0.1, -0.05) is 41.9 Å². The van der Waals surface area contributed by atoms with Gasteiger partial charge in [0.25, 0.3) is 0 Å². The summed E-state index contributed by atoms with van der Waals surface area (Å²) in [5, 5.41) is 9.07. The Balaban J connectivity index is 0.00000352. The molecule has 13 heteroatoms. The topological polar surface area (TPSA) is 130 Å². The lowest BCUT2D eigenvalue weighted by Crippen LogP contribution is -2.41. The highest BCUT2D eigenvalue weighted by molar-refractivity contribution is 9.10. The van der Waals surface area contributed by atoms with Crippen molar-refractivity contribution in [1.29, 1.82) is 0 Å². The minimum absolute atomic E-state index is 0.212. The van der Waals surface area contributed by atoms with Crippen molar-refractivity contribution in [1.82, 2.24) is 4.72 Å². The minimum atomic E-state index is -5.28. The van der Waals surface area contributed by atoms with E-state index >= 15 is 0 Å². The van der Waals surface area contributed by atoms with Crippen LogP contribution in [0.3, 0.4) is 0 Å². The van der Waals surface area contributed by atoms with Gasteiger partial charge in [0.2, 0.25) is 10.0 Å². The van der Waals surface area contributed by atoms with Crippen molar-refractivity contribution in [3.8, 4) is 0 Å². The molecule has 162 valence electrons. The van der Waals surface area contributed by atoms with Crippen LogP contribution < -0.4 is 4.72 Å². The van der Waals surface area contributed by atoms with Crippen LogP contribution in [0.15, 0.2) is 22.7 Å². The number of carboxylic acids is 1. The first-order valence-corrected chi connectivity index (χ1v) is 12.3. The molecule has 1 aromatic carbocycles. The van der Waals surface area contributed by atoms with Crippen molar-refractivity contribution in [2.75, 3.05) is 12.9 Å². The van der Waals surface area contributed by atoms with Gasteiger partial charge in [-0.15, -0.1) is 0 Å². The molecule has 0 radical (unpaired) electrons. The predicted molar refractivity (Wildman–Crippen MR) is 104 cm³/mol. The molecule has 0 saturated heterocycles. The van der Waals surface area contributed by atoms with Crippen molar-refractivity contribution < 1.29 is 41.1 Å². The maximum atomic E-state index is 14.3. The number of hydrogen-bond acceptors (Lipinski definition) is 5. The summed E-state index contributed by atoms with van der Waals surface area (Å²) < 4.78 is 68.6. The van der Waals surface area contributed by atoms with Crippen LogP contribution >= 0.6 is 23.5 Å². The SMILES string of the molecule is CC.CCOP(=O)(O)C(F)(F)c1ccc(CC(NS(C)(=O)=O)C(=O)O)cc1Br. The predicted octanol–water partition coefficient (Wildman–Crippen LogP) is 3.29. The molecular formula is C15H23BrF2NO7PS. The Hall–Kier alpha value is -0.910. The molecule has 0 spiro atoms. The van der Waals surface area contributed by atoms with Gasteiger partial charge < -0.3 is 14.5 Å². The Kier molecular flexibility index (Phi) is 10.4. The van der Waals surface area contributed by atoms with E-state index in [0.717, 1.165) is 24.5 Å². The summed E-state index contributed by atoms with van der Waals surface area (Å²) in [6, 6.07) is 1.57. The third-order valence-electron chi connectivity index (χ3n) is 3.11. The van der Waals surface area contributed by atoms with Gasteiger partial charge in [0.15, 0.2) is 0 Å². The van der Waals surface area contributed by atoms with E-state index < -0.39 is 47.5 Å². The minimum Gasteiger partial charge on any atom is -0.480 e. The summed E-state index contributed by atoms with van der Waals surface area (Å²) in [5.41, 5.74) is -4.80. The van der Waals surface area contributed by atoms with Crippen LogP contribution in [0.2, 0.25) is 0 Å². The molecule has 0 aliphatic heterocycles. The average molecular weight is 510 g/mol. The first kappa shape index (κ1) is 27.1. The second-order valence-corrected chi connectivity index (χ2v) is 9.77. The van der Waals surface area contributed by atoms with Crippen LogP contribution in [0.5, 0.6) is 0 Å². The zero-order chi connectivity index (χ0) is 22.3. The van der Waals surface area contributed by atoms with E-state index in [4.69, 9.17) is 5.11 Å². The van der Waals surface area contributed by atoms with Crippen molar-refractivity contribution in [2.45, 2.75) is 38.9 Å². The first-order chi connectivity index (χ1) is 12.7. The van der Waals surface area contributed by atoms with E-state index in [0.29, 0.717) is 0 Å². The molecule has 0 heterocycles. The molecule has 0 amide bonds. The average Bonchev–Trinajstić information content (AvgIpc) is 2.54. The van der Waals surface area contributed by atoms with E-state index in [1.807, 2.05) is 18.6 Å². The van der Waals surface area contributed by atoms with Crippen LogP contribution in [-0.4, -0.2) is 43.3 Å². The number of aliphatic carboxylic acids is 1. The normalized spacial score (nSPS) is 15.1. The monoisotopic (exact) mass is 509 g/mol. The molecule has 2 atom stereocenters. The quantitative estimate of drug-likeness (QED) is 0.435. The molecule has 8 nitrogen and oxygen atoms in total. The number of sulfonamides is 1. The number of benzene rings is 1. The molecule has 0 aliphatic rings. The Bertz CT molecular complexity index is 836. The van der Waals surface area contributed by atoms with Crippen LogP contribution in [0.25, 0.3) is 0 Å². The standard InChI is InChI=1S/C13H17BrF2NO7PS.C2H6/c1-3-24-25(20,21)13(15,16)9-5-4-8(6-10(9)14)7-11(12(18)19)17-26(2,22)23;1-2/h4-6,11,17H,3,7H2,1-2H3,(H,18,19)(H,20,21);1-2H3. The van der Waals surface area contributed by atoms with Gasteiger partial charge in [-0.25, -0.2) is 13.1 Å². The highest BCUT2D eigenvalue weighted by atomic mass is 79.9. The van der Waals surface area contributed by atoms with Gasteiger partial charge >= 0.3 is 19.2 Å². The lowest BCUT2D eigenvalue weighted by molar-refractivity contribution is -0.138. The lowest BCUT2D eigenvalue weighted by atomic mass is 10.0. The van der Waals surface area contributed by atoms with Gasteiger partial charge in [0.1, 0.15) is 6.04 Å². The maximum Gasteiger partial charge on any atom is 0.401 e. The third-order valence-corrected chi connectivity index (χ3v) is 6.04. The highest BCUT2D eigenvalue weighted by Crippen LogP contribution is 2.64. The van der Waals surface area contributed by atoms with E-state index in [1.54, 1.807) is 0 Å². The Morgan fingerprint density at radius 3 is 2.32 bits per heavy atom. The molecule has 0 saturated carbocycles. The van der Waals surface area contributed by atoms with E-state index in [-0.39, 0.29) is 16.5 Å². The molecule has 0 aliphatic carbocycles. The number of alkyl halides is 2. The maximum absolute atomic E-state index is 14.3. The van der Waals surface area contributed by atoms with Crippen LogP contribution in [0.1, 0.15) is 31.9 Å². The zero-order valence-corrected chi connectivity index (χ0v) is 18.9. The largest absolute Gasteiger partial charge is 0.480 e. The van der Waals surface area contributed by atoms with Crippen molar-refractivity contribution >= 4 is 39.5 Å². The molecule has 28 heavy (non-hydrogen) atoms. The summed E-state index contributed by atoms with van der Waals surface area (Å²) in [6.07, 6.45) is 0.462. The van der Waals surface area contributed by atoms with Crippen molar-refractivity contribution in [3.63, 3.8) is 0 Å². The number of hydrogen-bond donors (Lipinski definition) is 3. The Morgan fingerprint density at radius 2 is 1.93 bits per heavy atom. The van der Waals surface area contributed by atoms with Gasteiger partial charge in [-0.2, -0.15) is 8.78 Å². The highest BCUT2D eigenvalue weighted by Gasteiger charge is 2.53. The summed E-state index contributed by atoms with van der Waals surface area (Å²) in [7, 11) is -9.08. The Labute approximate surface area is 171 Å². The van der Waals surface area contributed by atoms with Gasteiger partial charge in [-0.3, -0.25) is 9.36 Å². The molecular weight excluding hydrogens is 487 g/mol. The van der Waals surface area contributed by atoms with Crippen molar-refractivity contribution in [3.05, 3.63) is 33.8 Å². The molecule has 0 fully saturated rings. The second-order valence-electron chi connectivity index (χ2n) is 5.28. The smallest absolute Gasteiger partial charge is 0.401 e. The fourth-order valence-corrected chi connectivity index (χ4v) is 4.55. The van der Waals surface area contributed by atoms with Crippen LogP contribution in [0.4, 0.5) is 8.78 Å². The Morgan fingerprint density at radius 1 is 1.39 bits per heavy atom. The summed E-state index contributed by atoms with van der Waals surface area (Å²) in [4.78, 5) is 20.6. The molecule has 3 N–H and O–H groups in total. The molecule has 0 aromatic heterocycles. The number of halogens is 3. The molecule has 2 unspecified atom stereocenters. The fraction of sp³-hybridized carbons (Fsp3) is 0.533. The van der Waals surface area contributed by atoms with Gasteiger partial charge in [0, 0.05) is 10.0 Å². The molecule has 1 aromatic rings. The van der Waals surface area contributed by atoms with E-state index in [9.17, 15) is 31.5 Å². The van der Waals surface area contributed by atoms with Crippen LogP contribution in [0, 0.1) is 0 Å². The summed E-state index contributed by atoms with van der Waals surface area (Å²) in [6.45, 7) is 4.90. The molecule has 0 bridgehead atoms. The van der Waals surface area contributed by atoms with Gasteiger partial charge in [0.05, 0.1) is 12.9 Å². The lowest BCUT2D eigenvalue weighted by Gasteiger charge is -2.23. The summed E-state index contributed by atoms with van der Waals surface area (Å²) >= 11 is 2.86. The third kappa shape index (κ3) is 7.49. The number of carboxylic acid groups (broad SMARTS) is 1.